The van der Waals surface area contributed by atoms with E-state index in [2.05, 4.69) is 22.3 Å². The highest BCUT2D eigenvalue weighted by atomic mass is 35.5. The van der Waals surface area contributed by atoms with Crippen molar-refractivity contribution in [3.8, 4) is 0 Å². The van der Waals surface area contributed by atoms with Gasteiger partial charge in [0, 0.05) is 24.3 Å². The zero-order valence-electron chi connectivity index (χ0n) is 8.53. The molecule has 0 amide bonds. The second kappa shape index (κ2) is 4.07. The first kappa shape index (κ1) is 10.2. The van der Waals surface area contributed by atoms with Crippen LogP contribution in [0.1, 0.15) is 18.5 Å². The normalized spacial score (nSPS) is 25.9. The quantitative estimate of drug-likeness (QED) is 0.743. The number of aromatic nitrogens is 1. The van der Waals surface area contributed by atoms with Gasteiger partial charge in [-0.15, -0.1) is 22.9 Å². The molecule has 1 aliphatic carbocycles. The van der Waals surface area contributed by atoms with Crippen LogP contribution in [0.4, 0.5) is 5.13 Å². The maximum absolute atomic E-state index is 5.95. The van der Waals surface area contributed by atoms with E-state index in [9.17, 15) is 0 Å². The first-order valence-corrected chi connectivity index (χ1v) is 6.24. The van der Waals surface area contributed by atoms with Crippen molar-refractivity contribution in [2.75, 3.05) is 18.5 Å². The average Bonchev–Trinajstić information content (AvgIpc) is 2.49. The summed E-state index contributed by atoms with van der Waals surface area (Å²) in [5.41, 5.74) is 1.11. The van der Waals surface area contributed by atoms with Crippen molar-refractivity contribution in [2.45, 2.75) is 25.1 Å². The number of aryl methyl sites for hydroxylation is 1. The minimum Gasteiger partial charge on any atom is -0.351 e. The number of halogens is 1. The Morgan fingerprint density at radius 2 is 2.36 bits per heavy atom. The third-order valence-corrected chi connectivity index (χ3v) is 4.07. The summed E-state index contributed by atoms with van der Waals surface area (Å²) in [4.78, 5) is 6.69. The van der Waals surface area contributed by atoms with Gasteiger partial charge in [-0.3, -0.25) is 0 Å². The molecule has 14 heavy (non-hydrogen) atoms. The van der Waals surface area contributed by atoms with Gasteiger partial charge in [-0.2, -0.15) is 0 Å². The molecule has 1 saturated carbocycles. The molecule has 0 spiro atoms. The molecule has 0 saturated heterocycles. The Kier molecular flexibility index (Phi) is 2.98. The van der Waals surface area contributed by atoms with Crippen LogP contribution in [0, 0.1) is 12.8 Å². The van der Waals surface area contributed by atoms with E-state index in [-0.39, 0.29) is 0 Å². The highest BCUT2D eigenvalue weighted by Crippen LogP contribution is 2.33. The van der Waals surface area contributed by atoms with Gasteiger partial charge in [0.05, 0.1) is 5.69 Å². The molecule has 0 bridgehead atoms. The fourth-order valence-electron chi connectivity index (χ4n) is 1.79. The van der Waals surface area contributed by atoms with Crippen LogP contribution in [0.2, 0.25) is 0 Å². The van der Waals surface area contributed by atoms with Gasteiger partial charge < -0.3 is 4.90 Å². The molecule has 1 aromatic rings. The Balaban J connectivity index is 1.86. The predicted octanol–water partition coefficient (Wildman–Crippen LogP) is 2.91. The minimum absolute atomic E-state index is 0.423. The van der Waals surface area contributed by atoms with E-state index in [4.69, 9.17) is 11.6 Å². The summed E-state index contributed by atoms with van der Waals surface area (Å²) in [5.74, 6) is 0.770. The van der Waals surface area contributed by atoms with E-state index in [1.165, 1.54) is 0 Å². The van der Waals surface area contributed by atoms with Crippen LogP contribution < -0.4 is 4.90 Å². The third kappa shape index (κ3) is 2.20. The van der Waals surface area contributed by atoms with Crippen molar-refractivity contribution < 1.29 is 0 Å². The number of anilines is 1. The van der Waals surface area contributed by atoms with Gasteiger partial charge in [0.2, 0.25) is 0 Å². The lowest BCUT2D eigenvalue weighted by Gasteiger charge is -2.33. The fraction of sp³-hybridized carbons (Fsp3) is 0.700. The highest BCUT2D eigenvalue weighted by molar-refractivity contribution is 7.13. The van der Waals surface area contributed by atoms with Crippen molar-refractivity contribution in [2.24, 2.45) is 5.92 Å². The molecule has 2 rings (SSSR count). The molecular formula is C10H15ClN2S. The second-order valence-corrected chi connectivity index (χ2v) is 5.54. The first-order chi connectivity index (χ1) is 6.65. The summed E-state index contributed by atoms with van der Waals surface area (Å²) in [7, 11) is 2.11. The Bertz CT molecular complexity index is 307. The van der Waals surface area contributed by atoms with E-state index in [0.29, 0.717) is 5.38 Å². The molecule has 1 fully saturated rings. The maximum Gasteiger partial charge on any atom is 0.185 e. The highest BCUT2D eigenvalue weighted by Gasteiger charge is 2.28. The largest absolute Gasteiger partial charge is 0.351 e. The lowest BCUT2D eigenvalue weighted by molar-refractivity contribution is 0.329. The summed E-state index contributed by atoms with van der Waals surface area (Å²) >= 11 is 7.66. The van der Waals surface area contributed by atoms with E-state index < -0.39 is 0 Å². The molecule has 0 atom stereocenters. The summed E-state index contributed by atoms with van der Waals surface area (Å²) in [6.07, 6.45) is 2.33. The van der Waals surface area contributed by atoms with Crippen LogP contribution in [0.15, 0.2) is 5.38 Å². The van der Waals surface area contributed by atoms with Gasteiger partial charge in [0.25, 0.3) is 0 Å². The monoisotopic (exact) mass is 230 g/mol. The van der Waals surface area contributed by atoms with Gasteiger partial charge >= 0.3 is 0 Å². The average molecular weight is 231 g/mol. The second-order valence-electron chi connectivity index (χ2n) is 4.09. The number of nitrogens with zero attached hydrogens (tertiary/aromatic N) is 2. The molecule has 78 valence electrons. The van der Waals surface area contributed by atoms with Crippen LogP contribution in [-0.2, 0) is 0 Å². The Morgan fingerprint density at radius 3 is 2.86 bits per heavy atom. The molecule has 0 aliphatic heterocycles. The predicted molar refractivity (Wildman–Crippen MR) is 62.5 cm³/mol. The molecule has 0 radical (unpaired) electrons. The molecule has 4 heteroatoms. The van der Waals surface area contributed by atoms with Crippen molar-refractivity contribution in [3.63, 3.8) is 0 Å². The van der Waals surface area contributed by atoms with Crippen molar-refractivity contribution >= 4 is 28.1 Å². The lowest BCUT2D eigenvalue weighted by Crippen LogP contribution is -2.34. The van der Waals surface area contributed by atoms with E-state index in [1.807, 2.05) is 6.92 Å². The number of rotatable bonds is 3. The van der Waals surface area contributed by atoms with Crippen LogP contribution >= 0.6 is 22.9 Å². The van der Waals surface area contributed by atoms with Gasteiger partial charge in [-0.05, 0) is 25.7 Å². The maximum atomic E-state index is 5.95. The smallest absolute Gasteiger partial charge is 0.185 e. The molecule has 2 nitrogen and oxygen atoms in total. The minimum atomic E-state index is 0.423. The van der Waals surface area contributed by atoms with Crippen LogP contribution in [0.25, 0.3) is 0 Å². The summed E-state index contributed by atoms with van der Waals surface area (Å²) in [6, 6.07) is 0. The van der Waals surface area contributed by atoms with Crippen LogP contribution in [0.5, 0.6) is 0 Å². The number of hydrogen-bond donors (Lipinski definition) is 0. The molecule has 1 aromatic heterocycles. The zero-order chi connectivity index (χ0) is 10.1. The number of hydrogen-bond acceptors (Lipinski definition) is 3. The Morgan fingerprint density at radius 1 is 1.64 bits per heavy atom. The SMILES string of the molecule is Cc1csc(N(C)CC2CC(Cl)C2)n1. The van der Waals surface area contributed by atoms with E-state index in [0.717, 1.165) is 36.1 Å². The fourth-order valence-corrected chi connectivity index (χ4v) is 3.07. The Hall–Kier alpha value is -0.280. The third-order valence-electron chi connectivity index (χ3n) is 2.64. The van der Waals surface area contributed by atoms with E-state index >= 15 is 0 Å². The summed E-state index contributed by atoms with van der Waals surface area (Å²) in [6.45, 7) is 3.13. The Labute approximate surface area is 93.9 Å². The summed E-state index contributed by atoms with van der Waals surface area (Å²) < 4.78 is 0. The van der Waals surface area contributed by atoms with Gasteiger partial charge in [0.15, 0.2) is 5.13 Å². The van der Waals surface area contributed by atoms with Crippen LogP contribution in [0.3, 0.4) is 0 Å². The van der Waals surface area contributed by atoms with Gasteiger partial charge in [-0.1, -0.05) is 0 Å². The zero-order valence-corrected chi connectivity index (χ0v) is 10.1. The molecule has 1 heterocycles. The summed E-state index contributed by atoms with van der Waals surface area (Å²) in [5, 5.41) is 3.64. The van der Waals surface area contributed by atoms with Crippen molar-refractivity contribution in [3.05, 3.63) is 11.1 Å². The van der Waals surface area contributed by atoms with Gasteiger partial charge in [0.1, 0.15) is 0 Å². The first-order valence-electron chi connectivity index (χ1n) is 4.92. The van der Waals surface area contributed by atoms with Crippen molar-refractivity contribution in [1.82, 2.24) is 4.98 Å². The molecular weight excluding hydrogens is 216 g/mol. The molecule has 0 unspecified atom stereocenters. The molecule has 0 N–H and O–H groups in total. The standard InChI is InChI=1S/C10H15ClN2S/c1-7-6-14-10(12-7)13(2)5-8-3-9(11)4-8/h6,8-9H,3-5H2,1-2H3. The number of alkyl halides is 1. The van der Waals surface area contributed by atoms with E-state index in [1.54, 1.807) is 11.3 Å². The number of thiazole rings is 1. The van der Waals surface area contributed by atoms with Crippen molar-refractivity contribution in [1.29, 1.82) is 0 Å². The lowest BCUT2D eigenvalue weighted by atomic mass is 9.84. The topological polar surface area (TPSA) is 16.1 Å². The van der Waals surface area contributed by atoms with Gasteiger partial charge in [-0.25, -0.2) is 4.98 Å². The van der Waals surface area contributed by atoms with Crippen LogP contribution in [-0.4, -0.2) is 24.0 Å². The molecule has 1 aliphatic rings. The molecule has 0 aromatic carbocycles.